The van der Waals surface area contributed by atoms with Crippen LogP contribution in [0.15, 0.2) is 6.07 Å². The second-order valence-corrected chi connectivity index (χ2v) is 5.39. The van der Waals surface area contributed by atoms with Gasteiger partial charge in [0.05, 0.1) is 0 Å². The quantitative estimate of drug-likeness (QED) is 0.771. The Morgan fingerprint density at radius 3 is 3.15 bits per heavy atom. The molecule has 1 heterocycles. The molecule has 0 fully saturated rings. The monoisotopic (exact) mass is 195 g/mol. The molecule has 0 spiro atoms. The van der Waals surface area contributed by atoms with Crippen LogP contribution in [0.3, 0.4) is 0 Å². The molecule has 1 aromatic rings. The number of hydrogen-bond acceptors (Lipinski definition) is 2. The molecule has 0 saturated heterocycles. The first-order valence-electron chi connectivity index (χ1n) is 5.01. The second-order valence-electron chi connectivity index (χ2n) is 4.10. The first-order valence-corrected chi connectivity index (χ1v) is 5.83. The van der Waals surface area contributed by atoms with E-state index >= 15 is 0 Å². The smallest absolute Gasteiger partial charge is 0.0114 e. The molecule has 1 nitrogen and oxygen atoms in total. The fourth-order valence-electron chi connectivity index (χ4n) is 2.24. The van der Waals surface area contributed by atoms with Crippen molar-refractivity contribution in [2.75, 3.05) is 6.54 Å². The summed E-state index contributed by atoms with van der Waals surface area (Å²) in [6, 6.07) is 2.35. The average molecular weight is 195 g/mol. The maximum atomic E-state index is 5.72. The zero-order valence-electron chi connectivity index (χ0n) is 8.34. The summed E-state index contributed by atoms with van der Waals surface area (Å²) >= 11 is 1.97. The molecule has 2 N–H and O–H groups in total. The number of thiophene rings is 1. The molecule has 1 aliphatic carbocycles. The van der Waals surface area contributed by atoms with Crippen LogP contribution in [0, 0.1) is 12.8 Å². The normalized spacial score (nSPS) is 23.2. The van der Waals surface area contributed by atoms with E-state index in [9.17, 15) is 0 Å². The lowest BCUT2D eigenvalue weighted by atomic mass is 9.93. The van der Waals surface area contributed by atoms with Crippen LogP contribution >= 0.6 is 11.3 Å². The molecule has 2 heteroatoms. The highest BCUT2D eigenvalue weighted by Gasteiger charge is 2.28. The minimum Gasteiger partial charge on any atom is -0.330 e. The summed E-state index contributed by atoms with van der Waals surface area (Å²) in [5, 5.41) is 0. The highest BCUT2D eigenvalue weighted by atomic mass is 32.1. The molecule has 0 radical (unpaired) electrons. The Labute approximate surface area is 84.0 Å². The van der Waals surface area contributed by atoms with Crippen LogP contribution in [0.1, 0.15) is 34.6 Å². The van der Waals surface area contributed by atoms with Gasteiger partial charge in [0, 0.05) is 9.75 Å². The van der Waals surface area contributed by atoms with Crippen LogP contribution in [0.2, 0.25) is 0 Å². The lowest BCUT2D eigenvalue weighted by Crippen LogP contribution is -2.16. The van der Waals surface area contributed by atoms with Gasteiger partial charge in [0.25, 0.3) is 0 Å². The highest BCUT2D eigenvalue weighted by Crippen LogP contribution is 2.42. The summed E-state index contributed by atoms with van der Waals surface area (Å²) in [6.07, 6.45) is 2.59. The summed E-state index contributed by atoms with van der Waals surface area (Å²) in [5.41, 5.74) is 7.31. The maximum absolute atomic E-state index is 5.72. The number of nitrogens with two attached hydrogens (primary N) is 1. The molecule has 0 aromatic carbocycles. The fourth-order valence-corrected chi connectivity index (χ4v) is 3.59. The molecule has 0 amide bonds. The largest absolute Gasteiger partial charge is 0.330 e. The Hall–Kier alpha value is -0.340. The van der Waals surface area contributed by atoms with E-state index < -0.39 is 0 Å². The SMILES string of the molecule is Cc1cc2c(s1)C(C(C)CN)CC2. The van der Waals surface area contributed by atoms with Gasteiger partial charge in [-0.3, -0.25) is 0 Å². The van der Waals surface area contributed by atoms with Crippen molar-refractivity contribution in [3.8, 4) is 0 Å². The van der Waals surface area contributed by atoms with Gasteiger partial charge in [-0.15, -0.1) is 11.3 Å². The molecular weight excluding hydrogens is 178 g/mol. The van der Waals surface area contributed by atoms with Crippen molar-refractivity contribution in [1.82, 2.24) is 0 Å². The second kappa shape index (κ2) is 3.43. The van der Waals surface area contributed by atoms with E-state index in [1.54, 1.807) is 10.4 Å². The predicted molar refractivity (Wildman–Crippen MR) is 58.3 cm³/mol. The molecule has 2 unspecified atom stereocenters. The van der Waals surface area contributed by atoms with E-state index in [0.717, 1.165) is 12.5 Å². The van der Waals surface area contributed by atoms with Gasteiger partial charge in [-0.1, -0.05) is 6.92 Å². The van der Waals surface area contributed by atoms with Gasteiger partial charge in [0.15, 0.2) is 0 Å². The van der Waals surface area contributed by atoms with Crippen LogP contribution in [0.5, 0.6) is 0 Å². The Balaban J connectivity index is 2.26. The van der Waals surface area contributed by atoms with Gasteiger partial charge >= 0.3 is 0 Å². The molecule has 2 rings (SSSR count). The number of aryl methyl sites for hydroxylation is 2. The van der Waals surface area contributed by atoms with Gasteiger partial charge < -0.3 is 5.73 Å². The number of rotatable bonds is 2. The summed E-state index contributed by atoms with van der Waals surface area (Å²) in [7, 11) is 0. The van der Waals surface area contributed by atoms with Crippen LogP contribution in [-0.2, 0) is 6.42 Å². The summed E-state index contributed by atoms with van der Waals surface area (Å²) in [5.74, 6) is 1.40. The van der Waals surface area contributed by atoms with E-state index in [0.29, 0.717) is 5.92 Å². The van der Waals surface area contributed by atoms with Gasteiger partial charge in [-0.2, -0.15) is 0 Å². The standard InChI is InChI=1S/C11H17NS/c1-7(6-12)10-4-3-9-5-8(2)13-11(9)10/h5,7,10H,3-4,6,12H2,1-2H3. The first kappa shape index (κ1) is 9.22. The fraction of sp³-hybridized carbons (Fsp3) is 0.636. The van der Waals surface area contributed by atoms with Crippen molar-refractivity contribution in [2.24, 2.45) is 11.7 Å². The molecular formula is C11H17NS. The van der Waals surface area contributed by atoms with Crippen LogP contribution in [-0.4, -0.2) is 6.54 Å². The summed E-state index contributed by atoms with van der Waals surface area (Å²) in [6.45, 7) is 5.29. The van der Waals surface area contributed by atoms with Gasteiger partial charge in [0.1, 0.15) is 0 Å². The van der Waals surface area contributed by atoms with Gasteiger partial charge in [-0.25, -0.2) is 0 Å². The van der Waals surface area contributed by atoms with E-state index in [1.807, 2.05) is 11.3 Å². The zero-order valence-corrected chi connectivity index (χ0v) is 9.16. The minimum atomic E-state index is 0.652. The van der Waals surface area contributed by atoms with E-state index in [2.05, 4.69) is 19.9 Å². The molecule has 0 saturated carbocycles. The lowest BCUT2D eigenvalue weighted by molar-refractivity contribution is 0.470. The van der Waals surface area contributed by atoms with E-state index in [4.69, 9.17) is 5.73 Å². The Bertz CT molecular complexity index is 303. The summed E-state index contributed by atoms with van der Waals surface area (Å²) < 4.78 is 0. The Kier molecular flexibility index (Phi) is 2.43. The van der Waals surface area contributed by atoms with E-state index in [-0.39, 0.29) is 0 Å². The minimum absolute atomic E-state index is 0.652. The van der Waals surface area contributed by atoms with Crippen LogP contribution < -0.4 is 5.73 Å². The Morgan fingerprint density at radius 1 is 1.69 bits per heavy atom. The average Bonchev–Trinajstić information content (AvgIpc) is 2.61. The van der Waals surface area contributed by atoms with Crippen molar-refractivity contribution < 1.29 is 0 Å². The van der Waals surface area contributed by atoms with Crippen LogP contribution in [0.4, 0.5) is 0 Å². The van der Waals surface area contributed by atoms with Crippen molar-refractivity contribution in [3.63, 3.8) is 0 Å². The van der Waals surface area contributed by atoms with Gasteiger partial charge in [0.2, 0.25) is 0 Å². The van der Waals surface area contributed by atoms with Crippen LogP contribution in [0.25, 0.3) is 0 Å². The highest BCUT2D eigenvalue weighted by molar-refractivity contribution is 7.12. The van der Waals surface area contributed by atoms with Crippen molar-refractivity contribution in [3.05, 3.63) is 21.4 Å². The topological polar surface area (TPSA) is 26.0 Å². The third kappa shape index (κ3) is 1.53. The van der Waals surface area contributed by atoms with E-state index in [1.165, 1.54) is 17.7 Å². The zero-order chi connectivity index (χ0) is 9.42. The lowest BCUT2D eigenvalue weighted by Gasteiger charge is -2.16. The maximum Gasteiger partial charge on any atom is 0.0114 e. The summed E-state index contributed by atoms with van der Waals surface area (Å²) in [4.78, 5) is 3.08. The van der Waals surface area contributed by atoms with Crippen molar-refractivity contribution in [1.29, 1.82) is 0 Å². The number of hydrogen-bond donors (Lipinski definition) is 1. The predicted octanol–water partition coefficient (Wildman–Crippen LogP) is 2.68. The molecule has 0 bridgehead atoms. The van der Waals surface area contributed by atoms with Crippen molar-refractivity contribution in [2.45, 2.75) is 32.6 Å². The molecule has 0 aliphatic heterocycles. The van der Waals surface area contributed by atoms with Gasteiger partial charge in [-0.05, 0) is 49.8 Å². The molecule has 2 atom stereocenters. The molecule has 13 heavy (non-hydrogen) atoms. The molecule has 72 valence electrons. The van der Waals surface area contributed by atoms with Crippen molar-refractivity contribution >= 4 is 11.3 Å². The third-order valence-electron chi connectivity index (χ3n) is 3.09. The Morgan fingerprint density at radius 2 is 2.46 bits per heavy atom. The molecule has 1 aliphatic rings. The first-order chi connectivity index (χ1) is 6.22. The number of fused-ring (bicyclic) bond motifs is 1. The third-order valence-corrected chi connectivity index (χ3v) is 4.31. The molecule has 1 aromatic heterocycles.